The molecule has 0 radical (unpaired) electrons. The van der Waals surface area contributed by atoms with Gasteiger partial charge in [-0.2, -0.15) is 19.6 Å². The minimum Gasteiger partial charge on any atom is -0.493 e. The zero-order valence-corrected chi connectivity index (χ0v) is 18.0. The largest absolute Gasteiger partial charge is 0.493 e. The van der Waals surface area contributed by atoms with Gasteiger partial charge in [0, 0.05) is 37.8 Å². The van der Waals surface area contributed by atoms with Crippen molar-refractivity contribution in [2.45, 2.75) is 32.7 Å². The summed E-state index contributed by atoms with van der Waals surface area (Å²) in [6.07, 6.45) is 1.87. The second kappa shape index (κ2) is 8.79. The van der Waals surface area contributed by atoms with Gasteiger partial charge in [-0.25, -0.2) is 8.78 Å². The van der Waals surface area contributed by atoms with Crippen molar-refractivity contribution >= 4 is 17.4 Å². The van der Waals surface area contributed by atoms with Crippen molar-refractivity contribution in [2.75, 3.05) is 20.3 Å². The normalized spacial score (nSPS) is 13.8. The molecule has 0 aliphatic carbocycles. The highest BCUT2D eigenvalue weighted by Crippen LogP contribution is 2.41. The molecule has 0 spiro atoms. The van der Waals surface area contributed by atoms with Crippen molar-refractivity contribution in [1.29, 1.82) is 0 Å². The van der Waals surface area contributed by atoms with Gasteiger partial charge in [0.2, 0.25) is 0 Å². The molecule has 2 N–H and O–H groups in total. The maximum atomic E-state index is 15.1. The monoisotopic (exact) mass is 439 g/mol. The summed E-state index contributed by atoms with van der Waals surface area (Å²) in [5.41, 5.74) is 5.55. The number of hydrogen-bond donors (Lipinski definition) is 1. The van der Waals surface area contributed by atoms with E-state index in [1.165, 1.54) is 10.8 Å². The zero-order valence-electron chi connectivity index (χ0n) is 17.2. The number of nitrogens with zero attached hydrogens (tertiary/aromatic N) is 4. The van der Waals surface area contributed by atoms with Crippen molar-refractivity contribution in [2.24, 2.45) is 11.7 Å². The maximum absolute atomic E-state index is 15.1. The van der Waals surface area contributed by atoms with Crippen molar-refractivity contribution < 1.29 is 18.3 Å². The van der Waals surface area contributed by atoms with Crippen molar-refractivity contribution in [3.63, 3.8) is 0 Å². The Morgan fingerprint density at radius 3 is 2.47 bits per heavy atom. The van der Waals surface area contributed by atoms with Gasteiger partial charge in [-0.15, -0.1) is 0 Å². The molecule has 2 aromatic heterocycles. The number of ether oxygens (including phenoxy) is 2. The van der Waals surface area contributed by atoms with E-state index in [1.807, 2.05) is 13.8 Å². The Labute approximate surface area is 178 Å². The van der Waals surface area contributed by atoms with Gasteiger partial charge in [-0.1, -0.05) is 25.4 Å². The SMILES string of the molecule is COCCCOc1cc(F)c(-c2c(Cl)nc3ncnn3c2[C@](C)(N)C(C)C)c(F)c1. The van der Waals surface area contributed by atoms with E-state index in [0.29, 0.717) is 18.7 Å². The predicted octanol–water partition coefficient (Wildman–Crippen LogP) is 3.97. The molecule has 2 heterocycles. The molecule has 0 unspecified atom stereocenters. The second-order valence-electron chi connectivity index (χ2n) is 7.49. The van der Waals surface area contributed by atoms with Crippen molar-refractivity contribution in [3.8, 4) is 16.9 Å². The quantitative estimate of drug-likeness (QED) is 0.422. The lowest BCUT2D eigenvalue weighted by atomic mass is 9.82. The lowest BCUT2D eigenvalue weighted by Gasteiger charge is -2.32. The standard InChI is InChI=1S/C20H24ClF2N5O2/c1-11(2)20(3,24)17-16(18(21)27-19-25-10-26-28(17)19)15-13(22)8-12(9-14(15)23)30-7-5-6-29-4/h8-11H,5-7,24H2,1-4H3/t20-/m1/s1. The fourth-order valence-electron chi connectivity index (χ4n) is 3.07. The maximum Gasteiger partial charge on any atom is 0.253 e. The average Bonchev–Trinajstić information content (AvgIpc) is 3.12. The highest BCUT2D eigenvalue weighted by atomic mass is 35.5. The van der Waals surface area contributed by atoms with Crippen LogP contribution in [-0.4, -0.2) is 39.9 Å². The van der Waals surface area contributed by atoms with Gasteiger partial charge in [-0.3, -0.25) is 0 Å². The highest BCUT2D eigenvalue weighted by Gasteiger charge is 2.35. The summed E-state index contributed by atoms with van der Waals surface area (Å²) < 4.78 is 42.0. The van der Waals surface area contributed by atoms with Crippen LogP contribution < -0.4 is 10.5 Å². The number of nitrogens with two attached hydrogens (primary N) is 1. The molecule has 1 atom stereocenters. The van der Waals surface area contributed by atoms with Crippen LogP contribution in [0.15, 0.2) is 18.5 Å². The van der Waals surface area contributed by atoms with Crippen LogP contribution in [0.3, 0.4) is 0 Å². The molecule has 162 valence electrons. The third-order valence-electron chi connectivity index (χ3n) is 5.12. The molecular formula is C20H24ClF2N5O2. The molecule has 30 heavy (non-hydrogen) atoms. The summed E-state index contributed by atoms with van der Waals surface area (Å²) in [5, 5.41) is 4.04. The van der Waals surface area contributed by atoms with E-state index >= 15 is 8.78 Å². The number of benzene rings is 1. The molecule has 3 rings (SSSR count). The van der Waals surface area contributed by atoms with Crippen LogP contribution in [0, 0.1) is 17.6 Å². The molecule has 0 amide bonds. The topological polar surface area (TPSA) is 87.6 Å². The molecule has 0 saturated heterocycles. The summed E-state index contributed by atoms with van der Waals surface area (Å²) in [7, 11) is 1.57. The van der Waals surface area contributed by atoms with Crippen LogP contribution in [-0.2, 0) is 10.3 Å². The molecule has 7 nitrogen and oxygen atoms in total. The molecule has 1 aromatic carbocycles. The third kappa shape index (κ3) is 4.10. The number of hydrogen-bond acceptors (Lipinski definition) is 6. The summed E-state index contributed by atoms with van der Waals surface area (Å²) in [4.78, 5) is 8.18. The van der Waals surface area contributed by atoms with Crippen LogP contribution in [0.5, 0.6) is 5.75 Å². The van der Waals surface area contributed by atoms with E-state index in [4.69, 9.17) is 26.8 Å². The highest BCUT2D eigenvalue weighted by molar-refractivity contribution is 6.32. The molecular weight excluding hydrogens is 416 g/mol. The van der Waals surface area contributed by atoms with Crippen molar-refractivity contribution in [1.82, 2.24) is 19.6 Å². The minimum atomic E-state index is -1.04. The molecule has 0 saturated carbocycles. The van der Waals surface area contributed by atoms with Gasteiger partial charge >= 0.3 is 0 Å². The lowest BCUT2D eigenvalue weighted by Crippen LogP contribution is -2.41. The summed E-state index contributed by atoms with van der Waals surface area (Å²) in [6.45, 7) is 6.28. The van der Waals surface area contributed by atoms with Gasteiger partial charge < -0.3 is 15.2 Å². The molecule has 0 aliphatic rings. The zero-order chi connectivity index (χ0) is 22.1. The fourth-order valence-corrected chi connectivity index (χ4v) is 3.33. The molecule has 0 fully saturated rings. The first-order valence-electron chi connectivity index (χ1n) is 9.48. The van der Waals surface area contributed by atoms with Crippen molar-refractivity contribution in [3.05, 3.63) is 40.9 Å². The summed E-state index contributed by atoms with van der Waals surface area (Å²) >= 11 is 6.39. The van der Waals surface area contributed by atoms with Crippen LogP contribution in [0.2, 0.25) is 5.15 Å². The first-order valence-corrected chi connectivity index (χ1v) is 9.86. The Bertz CT molecular complexity index is 1030. The number of fused-ring (bicyclic) bond motifs is 1. The summed E-state index contributed by atoms with van der Waals surface area (Å²) in [5.74, 6) is -1.55. The second-order valence-corrected chi connectivity index (χ2v) is 7.85. The van der Waals surface area contributed by atoms with Gasteiger partial charge in [0.05, 0.1) is 23.4 Å². The number of rotatable bonds is 8. The minimum absolute atomic E-state index is 0.0364. The first kappa shape index (κ1) is 22.3. The van der Waals surface area contributed by atoms with E-state index in [2.05, 4.69) is 15.1 Å². The van der Waals surface area contributed by atoms with E-state index in [1.54, 1.807) is 14.0 Å². The lowest BCUT2D eigenvalue weighted by molar-refractivity contribution is 0.172. The third-order valence-corrected chi connectivity index (χ3v) is 5.39. The van der Waals surface area contributed by atoms with Crippen LogP contribution >= 0.6 is 11.6 Å². The molecule has 10 heteroatoms. The van der Waals surface area contributed by atoms with E-state index < -0.39 is 17.2 Å². The average molecular weight is 440 g/mol. The van der Waals surface area contributed by atoms with Gasteiger partial charge in [0.1, 0.15) is 28.9 Å². The van der Waals surface area contributed by atoms with E-state index in [-0.39, 0.29) is 40.3 Å². The summed E-state index contributed by atoms with van der Waals surface area (Å²) in [6, 6.07) is 2.22. The van der Waals surface area contributed by atoms with Gasteiger partial charge in [-0.05, 0) is 12.8 Å². The number of aromatic nitrogens is 4. The Morgan fingerprint density at radius 2 is 1.87 bits per heavy atom. The Hall–Kier alpha value is -2.36. The number of halogens is 3. The smallest absolute Gasteiger partial charge is 0.253 e. The number of methoxy groups -OCH3 is 1. The Balaban J connectivity index is 2.18. The predicted molar refractivity (Wildman–Crippen MR) is 110 cm³/mol. The first-order chi connectivity index (χ1) is 14.2. The Morgan fingerprint density at radius 1 is 1.20 bits per heavy atom. The molecule has 0 aliphatic heterocycles. The van der Waals surface area contributed by atoms with Crippen LogP contribution in [0.1, 0.15) is 32.9 Å². The van der Waals surface area contributed by atoms with Crippen LogP contribution in [0.4, 0.5) is 8.78 Å². The van der Waals surface area contributed by atoms with Gasteiger partial charge in [0.15, 0.2) is 0 Å². The van der Waals surface area contributed by atoms with Gasteiger partial charge in [0.25, 0.3) is 5.78 Å². The molecule has 0 bridgehead atoms. The molecule has 3 aromatic rings. The fraction of sp³-hybridized carbons (Fsp3) is 0.450. The van der Waals surface area contributed by atoms with Crippen LogP contribution in [0.25, 0.3) is 16.9 Å². The van der Waals surface area contributed by atoms with E-state index in [9.17, 15) is 0 Å². The Kier molecular flexibility index (Phi) is 6.54. The van der Waals surface area contributed by atoms with E-state index in [0.717, 1.165) is 12.1 Å².